The van der Waals surface area contributed by atoms with Crippen molar-refractivity contribution in [1.82, 2.24) is 0 Å². The molecule has 0 N–H and O–H groups in total. The molecule has 11 atom stereocenters. The minimum atomic E-state index is -0.252. The molecular weight excluding hydrogens is 408 g/mol. The first-order chi connectivity index (χ1) is 14.7. The van der Waals surface area contributed by atoms with Crippen LogP contribution in [-0.4, -0.2) is 27.7 Å². The molecule has 5 heteroatoms. The molecule has 1 saturated heterocycles. The Kier molecular flexibility index (Phi) is 3.55. The molecule has 7 aliphatic rings. The molecule has 0 bridgehead atoms. The van der Waals surface area contributed by atoms with Gasteiger partial charge < -0.3 is 4.74 Å². The summed E-state index contributed by atoms with van der Waals surface area (Å²) in [6, 6.07) is 0. The number of rotatable bonds is 1. The molecule has 1 aliphatic heterocycles. The Morgan fingerprint density at radius 1 is 1.13 bits per heavy atom. The molecule has 0 radical (unpaired) electrons. The highest BCUT2D eigenvalue weighted by molar-refractivity contribution is 8.14. The van der Waals surface area contributed by atoms with Crippen molar-refractivity contribution < 1.29 is 19.1 Å². The number of carbonyl (C=O) groups excluding carboxylic acids is 3. The van der Waals surface area contributed by atoms with Crippen LogP contribution in [0.25, 0.3) is 0 Å². The zero-order valence-electron chi connectivity index (χ0n) is 18.7. The fourth-order valence-corrected chi connectivity index (χ4v) is 11.3. The minimum Gasteiger partial charge on any atom is -0.458 e. The predicted octanol–water partition coefficient (Wildman–Crippen LogP) is 4.56. The molecule has 0 amide bonds. The Bertz CT molecular complexity index is 970. The van der Waals surface area contributed by atoms with Gasteiger partial charge in [0.25, 0.3) is 0 Å². The molecule has 7 rings (SSSR count). The average Bonchev–Trinajstić information content (AvgIpc) is 3.60. The van der Waals surface area contributed by atoms with E-state index in [1.807, 2.05) is 6.08 Å². The lowest BCUT2D eigenvalue weighted by Gasteiger charge is -2.62. The summed E-state index contributed by atoms with van der Waals surface area (Å²) in [5.41, 5.74) is 1.24. The zero-order valence-corrected chi connectivity index (χ0v) is 19.5. The Morgan fingerprint density at radius 2 is 1.94 bits per heavy atom. The van der Waals surface area contributed by atoms with Crippen molar-refractivity contribution in [2.24, 2.45) is 52.3 Å². The third-order valence-electron chi connectivity index (χ3n) is 11.3. The molecular formula is C26H32O4S. The van der Waals surface area contributed by atoms with Gasteiger partial charge in [0.15, 0.2) is 10.9 Å². The van der Waals surface area contributed by atoms with E-state index in [0.717, 1.165) is 32.1 Å². The number of hydrogen-bond donors (Lipinski definition) is 0. The second-order valence-corrected chi connectivity index (χ2v) is 13.6. The SMILES string of the molecule is CC(=O)S[C@@H]1CC2=CC(=O)[C@@H]3C[C@@H]3C2(C)C2CCC3(C)C(C21)[C@@H]1C[C@@H]1[C@@]31CCC(=O)O1. The summed E-state index contributed by atoms with van der Waals surface area (Å²) in [6.45, 7) is 6.57. The van der Waals surface area contributed by atoms with Crippen LogP contribution in [0.2, 0.25) is 0 Å². The molecule has 5 saturated carbocycles. The minimum absolute atomic E-state index is 0.00301. The number of esters is 1. The van der Waals surface area contributed by atoms with Crippen molar-refractivity contribution in [2.45, 2.75) is 76.6 Å². The Balaban J connectivity index is 1.35. The first-order valence-electron chi connectivity index (χ1n) is 12.3. The Labute approximate surface area is 188 Å². The summed E-state index contributed by atoms with van der Waals surface area (Å²) in [7, 11) is 0. The number of thioether (sulfide) groups is 1. The van der Waals surface area contributed by atoms with Gasteiger partial charge in [0, 0.05) is 35.8 Å². The van der Waals surface area contributed by atoms with Gasteiger partial charge >= 0.3 is 5.97 Å². The normalized spacial score (nSPS) is 57.8. The maximum absolute atomic E-state index is 12.6. The van der Waals surface area contributed by atoms with Crippen molar-refractivity contribution in [3.8, 4) is 0 Å². The van der Waals surface area contributed by atoms with Crippen LogP contribution < -0.4 is 0 Å². The van der Waals surface area contributed by atoms with Crippen LogP contribution in [-0.2, 0) is 19.1 Å². The standard InChI is InChI=1S/C26H32O4S/c1-12(27)31-20-9-13-8-19(28)14-10-17(14)25(13,3)16-4-6-24(2)23(22(16)20)15-11-18(15)26(24)7-5-21(29)30-26/h8,14-18,20,22-23H,4-7,9-11H2,1-3H3/t14-,15-,16?,17+,18+,20-,22?,23?,24?,25?,26+/m1/s1. The van der Waals surface area contributed by atoms with E-state index >= 15 is 0 Å². The molecule has 1 spiro atoms. The second-order valence-electron chi connectivity index (χ2n) is 12.2. The van der Waals surface area contributed by atoms with E-state index in [1.165, 1.54) is 23.8 Å². The van der Waals surface area contributed by atoms with Gasteiger partial charge in [-0.05, 0) is 79.6 Å². The number of fused-ring (bicyclic) bond motifs is 11. The van der Waals surface area contributed by atoms with E-state index in [0.29, 0.717) is 47.7 Å². The van der Waals surface area contributed by atoms with E-state index < -0.39 is 0 Å². The number of carbonyl (C=O) groups is 3. The summed E-state index contributed by atoms with van der Waals surface area (Å²) in [4.78, 5) is 37.2. The van der Waals surface area contributed by atoms with Gasteiger partial charge in [-0.25, -0.2) is 0 Å². The highest BCUT2D eigenvalue weighted by Gasteiger charge is 2.80. The van der Waals surface area contributed by atoms with Crippen molar-refractivity contribution in [3.05, 3.63) is 11.6 Å². The lowest BCUT2D eigenvalue weighted by Crippen LogP contribution is -2.60. The topological polar surface area (TPSA) is 60.4 Å². The fourth-order valence-electron chi connectivity index (χ4n) is 10.1. The smallest absolute Gasteiger partial charge is 0.306 e. The first kappa shape index (κ1) is 19.4. The number of allylic oxidation sites excluding steroid dienone is 1. The molecule has 6 fully saturated rings. The molecule has 5 unspecified atom stereocenters. The first-order valence-corrected chi connectivity index (χ1v) is 13.2. The second kappa shape index (κ2) is 5.69. The predicted molar refractivity (Wildman–Crippen MR) is 117 cm³/mol. The van der Waals surface area contributed by atoms with Gasteiger partial charge in [-0.15, -0.1) is 0 Å². The quantitative estimate of drug-likeness (QED) is 0.559. The van der Waals surface area contributed by atoms with E-state index in [9.17, 15) is 14.4 Å². The molecule has 4 nitrogen and oxygen atoms in total. The van der Waals surface area contributed by atoms with Gasteiger partial charge in [0.05, 0.1) is 0 Å². The van der Waals surface area contributed by atoms with Gasteiger partial charge in [-0.1, -0.05) is 31.2 Å². The van der Waals surface area contributed by atoms with Gasteiger partial charge in [-0.3, -0.25) is 14.4 Å². The number of ketones is 1. The molecule has 0 aromatic carbocycles. The van der Waals surface area contributed by atoms with E-state index in [-0.39, 0.29) is 38.7 Å². The highest BCUT2D eigenvalue weighted by atomic mass is 32.2. The Hall–Kier alpha value is -1.10. The lowest BCUT2D eigenvalue weighted by atomic mass is 9.45. The van der Waals surface area contributed by atoms with Crippen LogP contribution in [0.5, 0.6) is 0 Å². The summed E-state index contributed by atoms with van der Waals surface area (Å²) in [6.07, 6.45) is 8.83. The van der Waals surface area contributed by atoms with Gasteiger partial charge in [0.1, 0.15) is 5.60 Å². The highest BCUT2D eigenvalue weighted by Crippen LogP contribution is 2.80. The van der Waals surface area contributed by atoms with Crippen LogP contribution in [0.1, 0.15) is 65.7 Å². The average molecular weight is 441 g/mol. The molecule has 6 aliphatic carbocycles. The number of ether oxygens (including phenoxy) is 1. The summed E-state index contributed by atoms with van der Waals surface area (Å²) in [5.74, 6) is 3.83. The van der Waals surface area contributed by atoms with Gasteiger partial charge in [0.2, 0.25) is 0 Å². The van der Waals surface area contributed by atoms with E-state index in [4.69, 9.17) is 4.74 Å². The van der Waals surface area contributed by atoms with Crippen LogP contribution in [0, 0.1) is 52.3 Å². The van der Waals surface area contributed by atoms with Crippen molar-refractivity contribution in [1.29, 1.82) is 0 Å². The van der Waals surface area contributed by atoms with Gasteiger partial charge in [-0.2, -0.15) is 0 Å². The molecule has 1 heterocycles. The summed E-state index contributed by atoms with van der Waals surface area (Å²) in [5, 5.41) is 0.446. The molecule has 31 heavy (non-hydrogen) atoms. The van der Waals surface area contributed by atoms with E-state index in [2.05, 4.69) is 13.8 Å². The molecule has 166 valence electrons. The monoisotopic (exact) mass is 440 g/mol. The molecule has 0 aromatic heterocycles. The van der Waals surface area contributed by atoms with Crippen LogP contribution in [0.3, 0.4) is 0 Å². The maximum Gasteiger partial charge on any atom is 0.306 e. The summed E-state index contributed by atoms with van der Waals surface area (Å²) < 4.78 is 6.24. The third kappa shape index (κ3) is 2.14. The maximum atomic E-state index is 12.6. The Morgan fingerprint density at radius 3 is 2.65 bits per heavy atom. The summed E-state index contributed by atoms with van der Waals surface area (Å²) >= 11 is 1.53. The van der Waals surface area contributed by atoms with Crippen LogP contribution in [0.4, 0.5) is 0 Å². The largest absolute Gasteiger partial charge is 0.458 e. The lowest BCUT2D eigenvalue weighted by molar-refractivity contribution is -0.176. The molecule has 0 aromatic rings. The van der Waals surface area contributed by atoms with Crippen LogP contribution in [0.15, 0.2) is 11.6 Å². The van der Waals surface area contributed by atoms with E-state index in [1.54, 1.807) is 6.92 Å². The third-order valence-corrected chi connectivity index (χ3v) is 12.4. The van der Waals surface area contributed by atoms with Crippen molar-refractivity contribution >= 4 is 28.6 Å². The van der Waals surface area contributed by atoms with Crippen molar-refractivity contribution in [2.75, 3.05) is 0 Å². The number of hydrogen-bond acceptors (Lipinski definition) is 5. The van der Waals surface area contributed by atoms with Crippen molar-refractivity contribution in [3.63, 3.8) is 0 Å². The fraction of sp³-hybridized carbons (Fsp3) is 0.808. The van der Waals surface area contributed by atoms with Crippen LogP contribution >= 0.6 is 11.8 Å². The zero-order chi connectivity index (χ0) is 21.5.